The summed E-state index contributed by atoms with van der Waals surface area (Å²) in [4.78, 5) is 11.7. The van der Waals surface area contributed by atoms with Gasteiger partial charge in [0.2, 0.25) is 5.95 Å². The maximum atomic E-state index is 4.73. The zero-order valence-electron chi connectivity index (χ0n) is 13.5. The van der Waals surface area contributed by atoms with Crippen LogP contribution in [0, 0.1) is 13.8 Å². The minimum atomic E-state index is 0.473. The Balaban J connectivity index is 2.16. The molecular weight excluding hydrogens is 248 g/mol. The van der Waals surface area contributed by atoms with Crippen LogP contribution >= 0.6 is 0 Å². The second kappa shape index (κ2) is 6.53. The van der Waals surface area contributed by atoms with Gasteiger partial charge >= 0.3 is 0 Å². The fraction of sp³-hybridized carbons (Fsp3) is 0.750. The molecular formula is C16H28N4. The molecule has 4 nitrogen and oxygen atoms in total. The molecule has 1 atom stereocenters. The van der Waals surface area contributed by atoms with Crippen molar-refractivity contribution >= 4 is 5.95 Å². The summed E-state index contributed by atoms with van der Waals surface area (Å²) in [7, 11) is 0. The van der Waals surface area contributed by atoms with Gasteiger partial charge in [0, 0.05) is 37.1 Å². The van der Waals surface area contributed by atoms with E-state index >= 15 is 0 Å². The molecule has 1 N–H and O–H groups in total. The predicted octanol–water partition coefficient (Wildman–Crippen LogP) is 2.80. The van der Waals surface area contributed by atoms with E-state index in [0.717, 1.165) is 43.0 Å². The molecule has 112 valence electrons. The Morgan fingerprint density at radius 2 is 1.70 bits per heavy atom. The summed E-state index contributed by atoms with van der Waals surface area (Å²) in [6, 6.07) is 0.758. The largest absolute Gasteiger partial charge is 0.341 e. The van der Waals surface area contributed by atoms with Gasteiger partial charge in [-0.25, -0.2) is 9.97 Å². The monoisotopic (exact) mass is 276 g/mol. The number of nitrogens with zero attached hydrogens (tertiary/aromatic N) is 3. The van der Waals surface area contributed by atoms with Crippen LogP contribution in [-0.4, -0.2) is 35.6 Å². The van der Waals surface area contributed by atoms with E-state index in [0.29, 0.717) is 5.92 Å². The van der Waals surface area contributed by atoms with E-state index in [-0.39, 0.29) is 0 Å². The number of rotatable bonds is 7. The Bertz CT molecular complexity index is 427. The minimum Gasteiger partial charge on any atom is -0.341 e. The van der Waals surface area contributed by atoms with E-state index < -0.39 is 0 Å². The Kier molecular flexibility index (Phi) is 4.97. The number of hydrogen-bond donors (Lipinski definition) is 1. The highest BCUT2D eigenvalue weighted by Crippen LogP contribution is 2.25. The van der Waals surface area contributed by atoms with Gasteiger partial charge in [0.25, 0.3) is 0 Å². The minimum absolute atomic E-state index is 0.473. The van der Waals surface area contributed by atoms with E-state index in [2.05, 4.69) is 44.8 Å². The molecule has 0 bridgehead atoms. The lowest BCUT2D eigenvalue weighted by Crippen LogP contribution is -2.27. The first-order valence-corrected chi connectivity index (χ1v) is 7.90. The normalized spacial score (nSPS) is 16.2. The Labute approximate surface area is 123 Å². The zero-order valence-corrected chi connectivity index (χ0v) is 13.5. The number of anilines is 1. The molecule has 1 aliphatic rings. The molecule has 0 saturated heterocycles. The van der Waals surface area contributed by atoms with Crippen LogP contribution in [0.25, 0.3) is 0 Å². The van der Waals surface area contributed by atoms with Gasteiger partial charge in [-0.2, -0.15) is 0 Å². The molecule has 0 aliphatic heterocycles. The maximum Gasteiger partial charge on any atom is 0.225 e. The third kappa shape index (κ3) is 3.48. The Hall–Kier alpha value is -1.16. The first-order valence-electron chi connectivity index (χ1n) is 7.90. The molecule has 0 radical (unpaired) electrons. The van der Waals surface area contributed by atoms with Crippen LogP contribution in [0.2, 0.25) is 0 Å². The summed E-state index contributed by atoms with van der Waals surface area (Å²) in [5.41, 5.74) is 3.57. The van der Waals surface area contributed by atoms with Crippen molar-refractivity contribution in [3.8, 4) is 0 Å². The number of aromatic nitrogens is 2. The Morgan fingerprint density at radius 1 is 1.15 bits per heavy atom. The molecule has 1 aliphatic carbocycles. The lowest BCUT2D eigenvalue weighted by molar-refractivity contribution is 0.602. The lowest BCUT2D eigenvalue weighted by atomic mass is 9.98. The van der Waals surface area contributed by atoms with Crippen LogP contribution in [0.3, 0.4) is 0 Å². The van der Waals surface area contributed by atoms with Crippen LogP contribution in [0.1, 0.15) is 56.5 Å². The molecule has 1 heterocycles. The third-order valence-corrected chi connectivity index (χ3v) is 4.14. The molecule has 1 fully saturated rings. The third-order valence-electron chi connectivity index (χ3n) is 4.14. The summed E-state index contributed by atoms with van der Waals surface area (Å²) in [5, 5.41) is 3.60. The lowest BCUT2D eigenvalue weighted by Gasteiger charge is -2.23. The van der Waals surface area contributed by atoms with Gasteiger partial charge in [0.05, 0.1) is 0 Å². The van der Waals surface area contributed by atoms with Crippen LogP contribution in [0.5, 0.6) is 0 Å². The topological polar surface area (TPSA) is 41.1 Å². The van der Waals surface area contributed by atoms with Crippen LogP contribution in [0.15, 0.2) is 0 Å². The summed E-state index contributed by atoms with van der Waals surface area (Å²) in [5.74, 6) is 1.34. The van der Waals surface area contributed by atoms with Crippen molar-refractivity contribution in [2.45, 2.75) is 59.4 Å². The van der Waals surface area contributed by atoms with Gasteiger partial charge in [-0.05, 0) is 52.0 Å². The van der Waals surface area contributed by atoms with Crippen LogP contribution in [-0.2, 0) is 0 Å². The molecule has 0 amide bonds. The van der Waals surface area contributed by atoms with Crippen LogP contribution in [0.4, 0.5) is 5.95 Å². The van der Waals surface area contributed by atoms with Gasteiger partial charge in [-0.15, -0.1) is 0 Å². The molecule has 0 spiro atoms. The molecule has 4 heteroatoms. The van der Waals surface area contributed by atoms with Crippen molar-refractivity contribution in [2.24, 2.45) is 0 Å². The number of nitrogens with one attached hydrogen (secondary N) is 1. The van der Waals surface area contributed by atoms with Gasteiger partial charge in [0.15, 0.2) is 0 Å². The van der Waals surface area contributed by atoms with Crippen molar-refractivity contribution in [3.63, 3.8) is 0 Å². The zero-order chi connectivity index (χ0) is 14.7. The highest BCUT2D eigenvalue weighted by Gasteiger charge is 2.23. The molecule has 0 aromatic carbocycles. The summed E-state index contributed by atoms with van der Waals surface area (Å²) in [6.07, 6.45) is 2.67. The number of hydrogen-bond acceptors (Lipinski definition) is 4. The van der Waals surface area contributed by atoms with Gasteiger partial charge in [0.1, 0.15) is 0 Å². The average molecular weight is 276 g/mol. The summed E-state index contributed by atoms with van der Waals surface area (Å²) in [6.45, 7) is 13.7. The molecule has 1 aromatic rings. The molecule has 1 aromatic heterocycles. The standard InChI is InChI=1S/C16H28N4/c1-6-20(7-2)16-18-12(4)15(13(5)19-16)11(3)10-17-14-8-9-14/h11,14,17H,6-10H2,1-5H3. The SMILES string of the molecule is CCN(CC)c1nc(C)c(C(C)CNC2CC2)c(C)n1. The van der Waals surface area contributed by atoms with E-state index in [4.69, 9.17) is 9.97 Å². The maximum absolute atomic E-state index is 4.73. The van der Waals surface area contributed by atoms with E-state index in [1.165, 1.54) is 18.4 Å². The second-order valence-electron chi connectivity index (χ2n) is 5.86. The second-order valence-corrected chi connectivity index (χ2v) is 5.86. The summed E-state index contributed by atoms with van der Waals surface area (Å²) >= 11 is 0. The van der Waals surface area contributed by atoms with Crippen molar-refractivity contribution in [1.82, 2.24) is 15.3 Å². The Morgan fingerprint density at radius 3 is 2.15 bits per heavy atom. The molecule has 2 rings (SSSR count). The molecule has 1 saturated carbocycles. The molecule has 1 unspecified atom stereocenters. The fourth-order valence-corrected chi connectivity index (χ4v) is 2.80. The highest BCUT2D eigenvalue weighted by molar-refractivity contribution is 5.38. The highest BCUT2D eigenvalue weighted by atomic mass is 15.2. The van der Waals surface area contributed by atoms with Crippen molar-refractivity contribution in [3.05, 3.63) is 17.0 Å². The van der Waals surface area contributed by atoms with Gasteiger partial charge in [-0.1, -0.05) is 6.92 Å². The smallest absolute Gasteiger partial charge is 0.225 e. The first kappa shape index (κ1) is 15.2. The first-order chi connectivity index (χ1) is 9.56. The van der Waals surface area contributed by atoms with Crippen molar-refractivity contribution in [1.29, 1.82) is 0 Å². The average Bonchev–Trinajstić information content (AvgIpc) is 3.21. The van der Waals surface area contributed by atoms with Crippen LogP contribution < -0.4 is 10.2 Å². The van der Waals surface area contributed by atoms with Gasteiger partial charge in [-0.3, -0.25) is 0 Å². The predicted molar refractivity (Wildman–Crippen MR) is 84.5 cm³/mol. The van der Waals surface area contributed by atoms with E-state index in [1.54, 1.807) is 0 Å². The van der Waals surface area contributed by atoms with E-state index in [9.17, 15) is 0 Å². The number of aryl methyl sites for hydroxylation is 2. The van der Waals surface area contributed by atoms with Crippen molar-refractivity contribution in [2.75, 3.05) is 24.5 Å². The summed E-state index contributed by atoms with van der Waals surface area (Å²) < 4.78 is 0. The fourth-order valence-electron chi connectivity index (χ4n) is 2.80. The quantitative estimate of drug-likeness (QED) is 0.831. The molecule has 20 heavy (non-hydrogen) atoms. The van der Waals surface area contributed by atoms with E-state index in [1.807, 2.05) is 0 Å². The van der Waals surface area contributed by atoms with Gasteiger partial charge < -0.3 is 10.2 Å². The van der Waals surface area contributed by atoms with Crippen molar-refractivity contribution < 1.29 is 0 Å².